The molecule has 2 aromatic heterocycles. The van der Waals surface area contributed by atoms with Crippen LogP contribution < -0.4 is 10.2 Å². The number of hydrogen-bond donors (Lipinski definition) is 2. The minimum atomic E-state index is -1.13. The molecule has 41 heavy (non-hydrogen) atoms. The van der Waals surface area contributed by atoms with E-state index in [4.69, 9.17) is 27.7 Å². The number of carboxylic acid groups (broad SMARTS) is 1. The number of piperidine rings is 1. The lowest BCUT2D eigenvalue weighted by Gasteiger charge is -2.55. The van der Waals surface area contributed by atoms with Gasteiger partial charge in [0, 0.05) is 29.6 Å². The molecule has 4 fully saturated rings. The molecule has 7 nitrogen and oxygen atoms in total. The van der Waals surface area contributed by atoms with Crippen LogP contribution in [0.4, 0.5) is 15.2 Å². The molecular formula is C30H27Cl2FN4O3S. The zero-order chi connectivity index (χ0) is 28.0. The van der Waals surface area contributed by atoms with E-state index >= 15 is 0 Å². The van der Waals surface area contributed by atoms with E-state index < -0.39 is 11.8 Å². The molecule has 2 saturated carbocycles. The Kier molecular flexibility index (Phi) is 5.86. The first-order chi connectivity index (χ1) is 19.8. The lowest BCUT2D eigenvalue weighted by Crippen LogP contribution is -2.55. The van der Waals surface area contributed by atoms with Crippen molar-refractivity contribution >= 4 is 61.5 Å². The van der Waals surface area contributed by atoms with Gasteiger partial charge >= 0.3 is 5.97 Å². The molecule has 0 radical (unpaired) electrons. The van der Waals surface area contributed by atoms with Crippen LogP contribution in [0, 0.1) is 11.2 Å². The fraction of sp³-hybridized carbons (Fsp3) is 0.433. The van der Waals surface area contributed by atoms with Gasteiger partial charge in [-0.1, -0.05) is 45.8 Å². The van der Waals surface area contributed by atoms with E-state index in [0.717, 1.165) is 74.0 Å². The highest BCUT2D eigenvalue weighted by Crippen LogP contribution is 2.58. The van der Waals surface area contributed by atoms with Gasteiger partial charge < -0.3 is 19.8 Å². The maximum absolute atomic E-state index is 14.7. The van der Waals surface area contributed by atoms with Crippen LogP contribution in [-0.4, -0.2) is 39.3 Å². The maximum atomic E-state index is 14.7. The molecule has 11 heteroatoms. The van der Waals surface area contributed by atoms with Gasteiger partial charge in [-0.05, 0) is 81.0 Å². The summed E-state index contributed by atoms with van der Waals surface area (Å²) >= 11 is 14.5. The topological polar surface area (TPSA) is 91.5 Å². The number of halogens is 3. The predicted octanol–water partition coefficient (Wildman–Crippen LogP) is 8.36. The van der Waals surface area contributed by atoms with Crippen LogP contribution >= 0.6 is 34.5 Å². The second-order valence-corrected chi connectivity index (χ2v) is 14.0. The van der Waals surface area contributed by atoms with Gasteiger partial charge in [-0.2, -0.15) is 0 Å². The Balaban J connectivity index is 1.01. The number of carboxylic acids is 1. The number of thiazole rings is 1. The van der Waals surface area contributed by atoms with Crippen molar-refractivity contribution in [2.75, 3.05) is 10.2 Å². The molecule has 8 rings (SSSR count). The van der Waals surface area contributed by atoms with E-state index in [-0.39, 0.29) is 16.5 Å². The highest BCUT2D eigenvalue weighted by Gasteiger charge is 2.55. The van der Waals surface area contributed by atoms with Gasteiger partial charge in [0.1, 0.15) is 16.9 Å². The number of nitrogens with zero attached hydrogens (tertiary/aromatic N) is 3. The largest absolute Gasteiger partial charge is 0.478 e. The smallest absolute Gasteiger partial charge is 0.335 e. The summed E-state index contributed by atoms with van der Waals surface area (Å²) in [5.41, 5.74) is 2.80. The maximum Gasteiger partial charge on any atom is 0.335 e. The second kappa shape index (κ2) is 9.31. The third kappa shape index (κ3) is 4.22. The van der Waals surface area contributed by atoms with E-state index in [0.29, 0.717) is 50.0 Å². The van der Waals surface area contributed by atoms with Crippen LogP contribution in [0.15, 0.2) is 34.9 Å². The third-order valence-electron chi connectivity index (χ3n) is 9.44. The standard InChI is InChI=1S/C30H27Cl2FN4O3S/c31-19-2-1-3-20(32)23(19)25-26(27(40-36-25)14-4-5-14)34-16-10-30(11-16)12-17-6-7-18(13-30)37(17)29-35-24-21(33)8-15(28(38)39)9-22(24)41-29/h1-3,8-9,14,16-18,34H,4-7,10-13H2,(H,38,39). The van der Waals surface area contributed by atoms with Crippen molar-refractivity contribution < 1.29 is 18.8 Å². The lowest BCUT2D eigenvalue weighted by atomic mass is 9.58. The second-order valence-electron chi connectivity index (χ2n) is 12.2. The van der Waals surface area contributed by atoms with Crippen molar-refractivity contribution in [1.29, 1.82) is 0 Å². The van der Waals surface area contributed by atoms with Crippen LogP contribution in [0.5, 0.6) is 0 Å². The molecule has 4 heterocycles. The van der Waals surface area contributed by atoms with Gasteiger partial charge in [-0.3, -0.25) is 0 Å². The van der Waals surface area contributed by atoms with Crippen molar-refractivity contribution in [1.82, 2.24) is 10.1 Å². The summed E-state index contributed by atoms with van der Waals surface area (Å²) in [7, 11) is 0. The van der Waals surface area contributed by atoms with E-state index in [2.05, 4.69) is 20.4 Å². The Morgan fingerprint density at radius 2 is 1.80 bits per heavy atom. The molecule has 4 aromatic rings. The fourth-order valence-electron chi connectivity index (χ4n) is 7.55. The van der Waals surface area contributed by atoms with Crippen molar-refractivity contribution in [3.8, 4) is 11.3 Å². The molecule has 4 aliphatic rings. The SMILES string of the molecule is O=C(O)c1cc(F)c2nc(N3C4CCC3CC3(CC(Nc5c(-c6c(Cl)cccc6Cl)noc5C5CC5)C3)C4)sc2c1. The quantitative estimate of drug-likeness (QED) is 0.226. The highest BCUT2D eigenvalue weighted by molar-refractivity contribution is 7.22. The van der Waals surface area contributed by atoms with E-state index in [1.807, 2.05) is 18.2 Å². The lowest BCUT2D eigenvalue weighted by molar-refractivity contribution is 0.0596. The highest BCUT2D eigenvalue weighted by atomic mass is 35.5. The monoisotopic (exact) mass is 612 g/mol. The van der Waals surface area contributed by atoms with E-state index in [9.17, 15) is 14.3 Å². The summed E-state index contributed by atoms with van der Waals surface area (Å²) in [6.45, 7) is 0. The first kappa shape index (κ1) is 25.8. The summed E-state index contributed by atoms with van der Waals surface area (Å²) in [6, 6.07) is 9.09. The molecule has 2 aliphatic carbocycles. The molecule has 2 bridgehead atoms. The first-order valence-corrected chi connectivity index (χ1v) is 15.7. The normalized spacial score (nSPS) is 27.0. The number of aromatic nitrogens is 2. The Bertz CT molecular complexity index is 1680. The summed E-state index contributed by atoms with van der Waals surface area (Å²) in [6.07, 6.45) is 8.66. The number of nitrogens with one attached hydrogen (secondary N) is 1. The van der Waals surface area contributed by atoms with Gasteiger partial charge in [0.25, 0.3) is 0 Å². The summed E-state index contributed by atoms with van der Waals surface area (Å²) in [4.78, 5) is 18.4. The van der Waals surface area contributed by atoms with Crippen LogP contribution in [0.3, 0.4) is 0 Å². The van der Waals surface area contributed by atoms with Gasteiger partial charge in [-0.15, -0.1) is 0 Å². The molecule has 2 unspecified atom stereocenters. The number of benzene rings is 2. The first-order valence-electron chi connectivity index (χ1n) is 14.1. The van der Waals surface area contributed by atoms with Crippen molar-refractivity contribution in [3.63, 3.8) is 0 Å². The zero-order valence-corrected chi connectivity index (χ0v) is 24.3. The van der Waals surface area contributed by atoms with Gasteiger partial charge in [0.15, 0.2) is 16.7 Å². The summed E-state index contributed by atoms with van der Waals surface area (Å²) < 4.78 is 21.1. The third-order valence-corrected chi connectivity index (χ3v) is 11.1. The van der Waals surface area contributed by atoms with Crippen LogP contribution in [-0.2, 0) is 0 Å². The van der Waals surface area contributed by atoms with Crippen LogP contribution in [0.2, 0.25) is 10.0 Å². The molecule has 2 aliphatic heterocycles. The number of carbonyl (C=O) groups is 1. The number of rotatable bonds is 6. The molecular weight excluding hydrogens is 586 g/mol. The van der Waals surface area contributed by atoms with Crippen molar-refractivity contribution in [2.24, 2.45) is 5.41 Å². The van der Waals surface area contributed by atoms with E-state index in [1.165, 1.54) is 17.4 Å². The summed E-state index contributed by atoms with van der Waals surface area (Å²) in [5, 5.41) is 19.5. The molecule has 2 atom stereocenters. The minimum Gasteiger partial charge on any atom is -0.478 e. The van der Waals surface area contributed by atoms with Gasteiger partial charge in [0.2, 0.25) is 0 Å². The molecule has 212 valence electrons. The zero-order valence-electron chi connectivity index (χ0n) is 22.0. The van der Waals surface area contributed by atoms with Crippen LogP contribution in [0.25, 0.3) is 21.5 Å². The number of anilines is 2. The molecule has 2 aromatic carbocycles. The predicted molar refractivity (Wildman–Crippen MR) is 158 cm³/mol. The molecule has 2 saturated heterocycles. The average Bonchev–Trinajstić information content (AvgIpc) is 3.44. The number of fused-ring (bicyclic) bond motifs is 3. The average molecular weight is 614 g/mol. The number of hydrogen-bond acceptors (Lipinski definition) is 7. The van der Waals surface area contributed by atoms with Crippen molar-refractivity contribution in [2.45, 2.75) is 75.4 Å². The summed E-state index contributed by atoms with van der Waals surface area (Å²) in [5.74, 6) is -0.418. The number of aromatic carboxylic acids is 1. The van der Waals surface area contributed by atoms with Gasteiger partial charge in [0.05, 0.1) is 20.3 Å². The van der Waals surface area contributed by atoms with Gasteiger partial charge in [-0.25, -0.2) is 14.2 Å². The fourth-order valence-corrected chi connectivity index (χ4v) is 9.29. The Morgan fingerprint density at radius 3 is 2.46 bits per heavy atom. The molecule has 0 amide bonds. The Hall–Kier alpha value is -2.88. The minimum absolute atomic E-state index is 0.0450. The Labute approximate surface area is 249 Å². The molecule has 1 spiro atoms. The van der Waals surface area contributed by atoms with Crippen LogP contribution in [0.1, 0.15) is 73.4 Å². The van der Waals surface area contributed by atoms with Crippen molar-refractivity contribution in [3.05, 3.63) is 57.5 Å². The van der Waals surface area contributed by atoms with E-state index in [1.54, 1.807) is 0 Å². The Morgan fingerprint density at radius 1 is 1.10 bits per heavy atom. The molecule has 2 N–H and O–H groups in total.